The van der Waals surface area contributed by atoms with Crippen LogP contribution in [-0.4, -0.2) is 33.6 Å². The molecule has 0 amide bonds. The zero-order chi connectivity index (χ0) is 25.6. The second kappa shape index (κ2) is 8.23. The first-order chi connectivity index (χ1) is 17.7. The van der Waals surface area contributed by atoms with E-state index in [1.807, 2.05) is 12.1 Å². The molecule has 0 radical (unpaired) electrons. The van der Waals surface area contributed by atoms with Crippen molar-refractivity contribution in [2.75, 3.05) is 6.61 Å². The van der Waals surface area contributed by atoms with Crippen LogP contribution in [0.3, 0.4) is 0 Å². The van der Waals surface area contributed by atoms with Gasteiger partial charge in [-0.2, -0.15) is 0 Å². The highest BCUT2D eigenvalue weighted by atomic mass is 16.5. The van der Waals surface area contributed by atoms with Crippen molar-refractivity contribution in [3.8, 4) is 17.6 Å². The molecule has 8 atom stereocenters. The number of rotatable bonds is 1. The molecule has 200 valence electrons. The molecule has 37 heavy (non-hydrogen) atoms. The van der Waals surface area contributed by atoms with Gasteiger partial charge in [-0.15, -0.1) is 0 Å². The molecule has 2 heterocycles. The van der Waals surface area contributed by atoms with Crippen molar-refractivity contribution in [3.63, 3.8) is 0 Å². The predicted molar refractivity (Wildman–Crippen MR) is 145 cm³/mol. The molecule has 4 heteroatoms. The summed E-state index contributed by atoms with van der Waals surface area (Å²) in [4.78, 5) is 0. The van der Waals surface area contributed by atoms with Crippen molar-refractivity contribution in [1.82, 2.24) is 0 Å². The van der Waals surface area contributed by atoms with E-state index in [9.17, 15) is 10.2 Å². The molecule has 1 aromatic rings. The maximum Gasteiger partial charge on any atom is 0.115 e. The van der Waals surface area contributed by atoms with Gasteiger partial charge in [-0.05, 0) is 118 Å². The third-order valence-corrected chi connectivity index (χ3v) is 12.2. The van der Waals surface area contributed by atoms with E-state index in [1.54, 1.807) is 0 Å². The minimum atomic E-state index is -0.532. The summed E-state index contributed by atoms with van der Waals surface area (Å²) in [6.07, 6.45) is 14.1. The Kier molecular flexibility index (Phi) is 5.45. The number of aromatic hydroxyl groups is 1. The first-order valence-electron chi connectivity index (χ1n) is 15.1. The van der Waals surface area contributed by atoms with Crippen LogP contribution < -0.4 is 5.73 Å². The number of aliphatic hydroxyl groups excluding tert-OH is 1. The van der Waals surface area contributed by atoms with Gasteiger partial charge in [0.1, 0.15) is 5.75 Å². The van der Waals surface area contributed by atoms with Crippen LogP contribution in [0, 0.1) is 52.8 Å². The summed E-state index contributed by atoms with van der Waals surface area (Å²) in [7, 11) is 0. The summed E-state index contributed by atoms with van der Waals surface area (Å²) in [5.41, 5.74) is 9.42. The highest BCUT2D eigenvalue weighted by Gasteiger charge is 2.74. The number of aliphatic hydroxyl groups is 1. The van der Waals surface area contributed by atoms with Gasteiger partial charge in [-0.1, -0.05) is 30.7 Å². The van der Waals surface area contributed by atoms with Crippen LogP contribution in [0.4, 0.5) is 0 Å². The summed E-state index contributed by atoms with van der Waals surface area (Å²) in [6, 6.07) is 5.93. The lowest BCUT2D eigenvalue weighted by Gasteiger charge is -2.73. The molecule has 6 bridgehead atoms. The molecule has 7 aliphatic rings. The Bertz CT molecular complexity index is 1140. The van der Waals surface area contributed by atoms with E-state index >= 15 is 0 Å². The summed E-state index contributed by atoms with van der Waals surface area (Å²) in [6.45, 7) is 4.70. The number of nitrogens with two attached hydrogens (primary N) is 1. The van der Waals surface area contributed by atoms with Crippen LogP contribution in [0.1, 0.15) is 89.2 Å². The van der Waals surface area contributed by atoms with E-state index in [2.05, 4.69) is 31.8 Å². The predicted octanol–water partition coefficient (Wildman–Crippen LogP) is 5.37. The number of benzene rings is 1. The lowest BCUT2D eigenvalue weighted by molar-refractivity contribution is -0.342. The van der Waals surface area contributed by atoms with Crippen LogP contribution in [0.5, 0.6) is 5.75 Å². The summed E-state index contributed by atoms with van der Waals surface area (Å²) >= 11 is 0. The quantitative estimate of drug-likeness (QED) is 0.451. The molecule has 5 aliphatic carbocycles. The smallest absolute Gasteiger partial charge is 0.115 e. The molecule has 0 unspecified atom stereocenters. The Morgan fingerprint density at radius 2 is 1.89 bits per heavy atom. The average Bonchev–Trinajstić information content (AvgIpc) is 3.27. The molecule has 4 N–H and O–H groups in total. The summed E-state index contributed by atoms with van der Waals surface area (Å²) in [5, 5.41) is 20.9. The topological polar surface area (TPSA) is 75.7 Å². The molecule has 2 aliphatic heterocycles. The van der Waals surface area contributed by atoms with Gasteiger partial charge in [0.2, 0.25) is 0 Å². The van der Waals surface area contributed by atoms with E-state index in [4.69, 9.17) is 10.5 Å². The summed E-state index contributed by atoms with van der Waals surface area (Å²) in [5.74, 6) is 9.53. The van der Waals surface area contributed by atoms with Crippen molar-refractivity contribution in [1.29, 1.82) is 0 Å². The molecule has 4 nitrogen and oxygen atoms in total. The molecule has 0 aromatic heterocycles. The fraction of sp³-hybridized carbons (Fsp3) is 0.758. The van der Waals surface area contributed by atoms with Gasteiger partial charge in [0.25, 0.3) is 0 Å². The lowest BCUT2D eigenvalue weighted by Crippen LogP contribution is -2.82. The van der Waals surface area contributed by atoms with E-state index in [1.165, 1.54) is 56.1 Å². The highest BCUT2D eigenvalue weighted by Crippen LogP contribution is 2.69. The molecule has 6 fully saturated rings. The number of phenolic OH excluding ortho intramolecular Hbond substituents is 1. The fourth-order valence-corrected chi connectivity index (χ4v) is 11.3. The van der Waals surface area contributed by atoms with E-state index in [0.717, 1.165) is 25.7 Å². The first kappa shape index (κ1) is 24.5. The number of hydrogen-bond acceptors (Lipinski definition) is 4. The molecule has 2 saturated heterocycles. The third-order valence-electron chi connectivity index (χ3n) is 12.2. The highest BCUT2D eigenvalue weighted by molar-refractivity contribution is 5.39. The molecule has 1 aromatic carbocycles. The number of ether oxygens (including phenoxy) is 1. The number of hydrogen-bond donors (Lipinski definition) is 3. The monoisotopic (exact) mass is 503 g/mol. The Hall–Kier alpha value is -1.54. The van der Waals surface area contributed by atoms with Crippen LogP contribution in [0.25, 0.3) is 0 Å². The van der Waals surface area contributed by atoms with Crippen LogP contribution in [0.2, 0.25) is 0 Å². The molecular formula is C33H45NO3. The lowest BCUT2D eigenvalue weighted by atomic mass is 9.40. The minimum Gasteiger partial charge on any atom is -0.508 e. The van der Waals surface area contributed by atoms with E-state index in [0.29, 0.717) is 35.3 Å². The third kappa shape index (κ3) is 3.46. The standard InChI is InChI=1S/C33H45NO3/c1-30(2)29-24-8-10-25(20-35)33(29,34)28-7-5-6-22-16-27(36)11-9-23(22)14-21-15-26(32(28,18-24)37-30)19-31(17-21)12-3-4-13-31/h9,11,16,21,24-26,28-29,35-36H,3-4,6,8,10,12-15,17-20,34H2,1-2H3/t21-,24-,25+,26+,28+,29-,32-,33+/m1/s1. The van der Waals surface area contributed by atoms with Gasteiger partial charge in [0.05, 0.1) is 17.1 Å². The zero-order valence-corrected chi connectivity index (χ0v) is 22.8. The Morgan fingerprint density at radius 3 is 2.68 bits per heavy atom. The van der Waals surface area contributed by atoms with Crippen molar-refractivity contribution in [3.05, 3.63) is 29.3 Å². The normalized spacial score (nSPS) is 44.8. The van der Waals surface area contributed by atoms with Crippen molar-refractivity contribution >= 4 is 0 Å². The van der Waals surface area contributed by atoms with Crippen LogP contribution in [0.15, 0.2) is 18.2 Å². The Balaban J connectivity index is 1.43. The van der Waals surface area contributed by atoms with Gasteiger partial charge in [0, 0.05) is 30.4 Å². The maximum atomic E-state index is 10.6. The van der Waals surface area contributed by atoms with Crippen molar-refractivity contribution in [2.45, 2.75) is 108 Å². The molecule has 4 saturated carbocycles. The largest absolute Gasteiger partial charge is 0.508 e. The van der Waals surface area contributed by atoms with Crippen molar-refractivity contribution < 1.29 is 14.9 Å². The Morgan fingerprint density at radius 1 is 1.08 bits per heavy atom. The van der Waals surface area contributed by atoms with E-state index in [-0.39, 0.29) is 35.6 Å². The second-order valence-electron chi connectivity index (χ2n) is 14.6. The second-order valence-corrected chi connectivity index (χ2v) is 14.6. The Labute approximate surface area is 222 Å². The SMILES string of the molecule is CC1(C)O[C@@]23C[C@H]4CC[C@@H](CO)[C@@](N)([C@H]41)[C@H]2C#CCc1cc(O)ccc1C[C@@H]1C[C@H]3CC2(CCCC2)C1. The van der Waals surface area contributed by atoms with Crippen LogP contribution in [-0.2, 0) is 17.6 Å². The average molecular weight is 504 g/mol. The molecular weight excluding hydrogens is 458 g/mol. The fourth-order valence-electron chi connectivity index (χ4n) is 11.3. The summed E-state index contributed by atoms with van der Waals surface area (Å²) < 4.78 is 7.41. The van der Waals surface area contributed by atoms with Gasteiger partial charge in [-0.3, -0.25) is 0 Å². The maximum absolute atomic E-state index is 10.6. The van der Waals surface area contributed by atoms with Crippen LogP contribution >= 0.6 is 0 Å². The zero-order valence-electron chi connectivity index (χ0n) is 22.8. The van der Waals surface area contributed by atoms with Gasteiger partial charge in [0.15, 0.2) is 0 Å². The van der Waals surface area contributed by atoms with Crippen molar-refractivity contribution in [2.24, 2.45) is 46.7 Å². The number of phenols is 1. The minimum absolute atomic E-state index is 0.0622. The molecule has 2 spiro atoms. The van der Waals surface area contributed by atoms with Gasteiger partial charge < -0.3 is 20.7 Å². The van der Waals surface area contributed by atoms with Gasteiger partial charge >= 0.3 is 0 Å². The van der Waals surface area contributed by atoms with E-state index < -0.39 is 5.54 Å². The number of fused-ring (bicyclic) bond motifs is 4. The molecule has 8 rings (SSSR count). The van der Waals surface area contributed by atoms with Gasteiger partial charge in [-0.25, -0.2) is 0 Å². The first-order valence-corrected chi connectivity index (χ1v) is 15.1.